The molecule has 2 atom stereocenters. The van der Waals surface area contributed by atoms with E-state index < -0.39 is 22.2 Å². The molecular weight excluding hydrogens is 324 g/mol. The number of aryl methyl sites for hydroxylation is 1. The number of hydrogen-bond donors (Lipinski definition) is 1. The van der Waals surface area contributed by atoms with Gasteiger partial charge in [-0.25, -0.2) is 8.42 Å². The third-order valence-electron chi connectivity index (χ3n) is 4.57. The summed E-state index contributed by atoms with van der Waals surface area (Å²) in [4.78, 5) is 0.223. The Hall–Kier alpha value is -1.63. The first kappa shape index (κ1) is 17.2. The molecule has 3 rings (SSSR count). The zero-order valence-electron chi connectivity index (χ0n) is 14.3. The Morgan fingerprint density at radius 2 is 1.88 bits per heavy atom. The van der Waals surface area contributed by atoms with Gasteiger partial charge in [0, 0.05) is 37.5 Å². The van der Waals surface area contributed by atoms with Crippen LogP contribution >= 0.6 is 0 Å². The fraction of sp³-hybridized carbons (Fsp3) is 0.444. The molecule has 6 heteroatoms. The molecule has 2 unspecified atom stereocenters. The summed E-state index contributed by atoms with van der Waals surface area (Å²) in [5.74, 6) is 0.174. The standard InChI is InChI=1S/C18H24N2O3S/c1-13(2)12-20-16(11-14-7-6-10-19(14)3)18(21)15-8-4-5-9-17(15)24(20,22)23/h4-10,13,16,18,21H,11-12H2,1-3H3. The van der Waals surface area contributed by atoms with Crippen LogP contribution in [0.3, 0.4) is 0 Å². The van der Waals surface area contributed by atoms with Gasteiger partial charge in [-0.2, -0.15) is 4.31 Å². The largest absolute Gasteiger partial charge is 0.387 e. The maximum absolute atomic E-state index is 13.1. The van der Waals surface area contributed by atoms with Gasteiger partial charge in [0.05, 0.1) is 17.0 Å². The van der Waals surface area contributed by atoms with E-state index in [1.165, 1.54) is 4.31 Å². The molecule has 2 aromatic rings. The molecule has 1 N–H and O–H groups in total. The lowest BCUT2D eigenvalue weighted by Crippen LogP contribution is -2.50. The van der Waals surface area contributed by atoms with Gasteiger partial charge in [0.1, 0.15) is 0 Å². The van der Waals surface area contributed by atoms with E-state index in [0.29, 0.717) is 18.5 Å². The van der Waals surface area contributed by atoms with Crippen LogP contribution in [0.25, 0.3) is 0 Å². The second-order valence-electron chi connectivity index (χ2n) is 6.83. The van der Waals surface area contributed by atoms with Crippen LogP contribution < -0.4 is 0 Å². The second kappa shape index (κ2) is 6.35. The van der Waals surface area contributed by atoms with Crippen LogP contribution in [-0.4, -0.2) is 35.0 Å². The van der Waals surface area contributed by atoms with Gasteiger partial charge < -0.3 is 9.67 Å². The van der Waals surface area contributed by atoms with E-state index in [1.807, 2.05) is 43.8 Å². The molecule has 1 aromatic heterocycles. The van der Waals surface area contributed by atoms with E-state index in [2.05, 4.69) is 0 Å². The Kier molecular flexibility index (Phi) is 4.55. The van der Waals surface area contributed by atoms with Gasteiger partial charge in [0.2, 0.25) is 10.0 Å². The first-order valence-electron chi connectivity index (χ1n) is 8.21. The van der Waals surface area contributed by atoms with Crippen molar-refractivity contribution in [2.45, 2.75) is 37.3 Å². The van der Waals surface area contributed by atoms with Crippen LogP contribution in [0.15, 0.2) is 47.5 Å². The monoisotopic (exact) mass is 348 g/mol. The molecule has 2 heterocycles. The molecule has 0 saturated heterocycles. The van der Waals surface area contributed by atoms with Crippen molar-refractivity contribution in [2.24, 2.45) is 13.0 Å². The van der Waals surface area contributed by atoms with E-state index in [9.17, 15) is 13.5 Å². The van der Waals surface area contributed by atoms with E-state index >= 15 is 0 Å². The van der Waals surface area contributed by atoms with Crippen LogP contribution in [0, 0.1) is 5.92 Å². The molecule has 0 aliphatic carbocycles. The number of hydrogen-bond acceptors (Lipinski definition) is 3. The highest BCUT2D eigenvalue weighted by molar-refractivity contribution is 7.89. The zero-order valence-corrected chi connectivity index (χ0v) is 15.1. The van der Waals surface area contributed by atoms with Crippen LogP contribution in [-0.2, 0) is 23.5 Å². The molecule has 1 aliphatic heterocycles. The fourth-order valence-electron chi connectivity index (χ4n) is 3.36. The molecule has 1 aliphatic rings. The van der Waals surface area contributed by atoms with Crippen LogP contribution in [0.5, 0.6) is 0 Å². The summed E-state index contributed by atoms with van der Waals surface area (Å²) in [5.41, 5.74) is 1.50. The summed E-state index contributed by atoms with van der Waals surface area (Å²) in [7, 11) is -1.68. The number of rotatable bonds is 4. The average Bonchev–Trinajstić information content (AvgIpc) is 2.93. The van der Waals surface area contributed by atoms with Gasteiger partial charge >= 0.3 is 0 Å². The maximum atomic E-state index is 13.1. The molecule has 0 amide bonds. The summed E-state index contributed by atoms with van der Waals surface area (Å²) in [6, 6.07) is 10.2. The highest BCUT2D eigenvalue weighted by Gasteiger charge is 2.43. The minimum Gasteiger partial charge on any atom is -0.387 e. The van der Waals surface area contributed by atoms with Crippen molar-refractivity contribution in [1.82, 2.24) is 8.87 Å². The smallest absolute Gasteiger partial charge is 0.243 e. The Morgan fingerprint density at radius 3 is 2.50 bits per heavy atom. The SMILES string of the molecule is CC(C)CN1C(Cc2cccn2C)C(O)c2ccccc2S1(=O)=O. The number of benzene rings is 1. The van der Waals surface area contributed by atoms with Gasteiger partial charge in [0.15, 0.2) is 0 Å². The maximum Gasteiger partial charge on any atom is 0.243 e. The normalized spacial score (nSPS) is 23.4. The summed E-state index contributed by atoms with van der Waals surface area (Å²) in [6.07, 6.45) is 1.57. The summed E-state index contributed by atoms with van der Waals surface area (Å²) in [5, 5.41) is 10.9. The molecule has 0 spiro atoms. The summed E-state index contributed by atoms with van der Waals surface area (Å²) >= 11 is 0. The number of aliphatic hydroxyl groups excluding tert-OH is 1. The van der Waals surface area contributed by atoms with Gasteiger partial charge in [-0.1, -0.05) is 32.0 Å². The molecule has 0 radical (unpaired) electrons. The Labute approximate surface area is 143 Å². The van der Waals surface area contributed by atoms with Gasteiger partial charge in [-0.15, -0.1) is 0 Å². The topological polar surface area (TPSA) is 62.5 Å². The van der Waals surface area contributed by atoms with Crippen molar-refractivity contribution < 1.29 is 13.5 Å². The van der Waals surface area contributed by atoms with Crippen molar-refractivity contribution in [3.63, 3.8) is 0 Å². The lowest BCUT2D eigenvalue weighted by molar-refractivity contribution is 0.0745. The number of fused-ring (bicyclic) bond motifs is 1. The third-order valence-corrected chi connectivity index (χ3v) is 6.54. The predicted octanol–water partition coefficient (Wildman–Crippen LogP) is 2.33. The first-order chi connectivity index (χ1) is 11.3. The first-order valence-corrected chi connectivity index (χ1v) is 9.65. The van der Waals surface area contributed by atoms with Gasteiger partial charge in [-0.3, -0.25) is 0 Å². The number of sulfonamides is 1. The average molecular weight is 348 g/mol. The lowest BCUT2D eigenvalue weighted by atomic mass is 9.97. The lowest BCUT2D eigenvalue weighted by Gasteiger charge is -2.40. The van der Waals surface area contributed by atoms with Crippen LogP contribution in [0.1, 0.15) is 31.2 Å². The number of aliphatic hydroxyl groups is 1. The molecular formula is C18H24N2O3S. The minimum atomic E-state index is -3.61. The van der Waals surface area contributed by atoms with Crippen LogP contribution in [0.2, 0.25) is 0 Å². The number of aromatic nitrogens is 1. The number of nitrogens with zero attached hydrogens (tertiary/aromatic N) is 2. The van der Waals surface area contributed by atoms with E-state index in [-0.39, 0.29) is 10.8 Å². The Bertz CT molecular complexity index is 826. The molecule has 1 aromatic carbocycles. The Morgan fingerprint density at radius 1 is 1.17 bits per heavy atom. The summed E-state index contributed by atoms with van der Waals surface area (Å²) < 4.78 is 29.7. The molecule has 24 heavy (non-hydrogen) atoms. The summed E-state index contributed by atoms with van der Waals surface area (Å²) in [6.45, 7) is 4.37. The quantitative estimate of drug-likeness (QED) is 0.922. The van der Waals surface area contributed by atoms with Crippen molar-refractivity contribution >= 4 is 10.0 Å². The Balaban J connectivity index is 2.09. The molecule has 0 bridgehead atoms. The fourth-order valence-corrected chi connectivity index (χ4v) is 5.39. The third kappa shape index (κ3) is 2.90. The van der Waals surface area contributed by atoms with Crippen molar-refractivity contribution in [3.05, 3.63) is 53.9 Å². The van der Waals surface area contributed by atoms with Crippen molar-refractivity contribution in [3.8, 4) is 0 Å². The van der Waals surface area contributed by atoms with E-state index in [0.717, 1.165) is 5.69 Å². The van der Waals surface area contributed by atoms with Crippen molar-refractivity contribution in [2.75, 3.05) is 6.54 Å². The van der Waals surface area contributed by atoms with E-state index in [4.69, 9.17) is 0 Å². The van der Waals surface area contributed by atoms with E-state index in [1.54, 1.807) is 24.3 Å². The highest BCUT2D eigenvalue weighted by Crippen LogP contribution is 2.38. The minimum absolute atomic E-state index is 0.174. The van der Waals surface area contributed by atoms with Gasteiger partial charge in [0.25, 0.3) is 0 Å². The van der Waals surface area contributed by atoms with Crippen molar-refractivity contribution in [1.29, 1.82) is 0 Å². The molecule has 130 valence electrons. The highest BCUT2D eigenvalue weighted by atomic mass is 32.2. The molecule has 5 nitrogen and oxygen atoms in total. The second-order valence-corrected chi connectivity index (χ2v) is 8.69. The van der Waals surface area contributed by atoms with Gasteiger partial charge in [-0.05, 0) is 24.1 Å². The molecule has 0 saturated carbocycles. The van der Waals surface area contributed by atoms with Crippen LogP contribution in [0.4, 0.5) is 0 Å². The molecule has 0 fully saturated rings. The predicted molar refractivity (Wildman–Crippen MR) is 93.0 cm³/mol. The zero-order chi connectivity index (χ0) is 17.5.